The molecule has 3 rings (SSSR count). The summed E-state index contributed by atoms with van der Waals surface area (Å²) < 4.78 is 5.18. The highest BCUT2D eigenvalue weighted by Crippen LogP contribution is 2.38. The summed E-state index contributed by atoms with van der Waals surface area (Å²) in [6, 6.07) is 0.572. The lowest BCUT2D eigenvalue weighted by Gasteiger charge is -2.33. The standard InChI is InChI=1S/C12H15N3O4/c16-10-5-9(13-11(14-10)7-1-2-7)15-3-4-19-6-8(15)12(17)18/h5,7-8H,1-4,6H2,(H,17,18)(H,13,14,16). The maximum atomic E-state index is 11.7. The van der Waals surface area contributed by atoms with Crippen LogP contribution in [0.2, 0.25) is 0 Å². The zero-order valence-electron chi connectivity index (χ0n) is 10.3. The summed E-state index contributed by atoms with van der Waals surface area (Å²) in [7, 11) is 0. The van der Waals surface area contributed by atoms with Crippen molar-refractivity contribution >= 4 is 11.8 Å². The highest BCUT2D eigenvalue weighted by molar-refractivity contribution is 5.78. The van der Waals surface area contributed by atoms with Crippen LogP contribution in [0.15, 0.2) is 10.9 Å². The molecule has 1 unspecified atom stereocenters. The number of aromatic amines is 1. The Labute approximate surface area is 109 Å². The van der Waals surface area contributed by atoms with E-state index in [2.05, 4.69) is 9.97 Å². The lowest BCUT2D eigenvalue weighted by Crippen LogP contribution is -2.50. The number of carboxylic acids is 1. The zero-order valence-corrected chi connectivity index (χ0v) is 10.3. The van der Waals surface area contributed by atoms with Gasteiger partial charge < -0.3 is 19.7 Å². The quantitative estimate of drug-likeness (QED) is 0.794. The summed E-state index contributed by atoms with van der Waals surface area (Å²) >= 11 is 0. The highest BCUT2D eigenvalue weighted by atomic mass is 16.5. The lowest BCUT2D eigenvalue weighted by atomic mass is 10.2. The second kappa shape index (κ2) is 4.65. The first-order chi connectivity index (χ1) is 9.15. The minimum absolute atomic E-state index is 0.114. The molecule has 2 fully saturated rings. The minimum atomic E-state index is -0.963. The maximum absolute atomic E-state index is 11.7. The van der Waals surface area contributed by atoms with Crippen molar-refractivity contribution in [1.29, 1.82) is 0 Å². The van der Waals surface area contributed by atoms with E-state index in [1.165, 1.54) is 6.07 Å². The molecule has 7 nitrogen and oxygen atoms in total. The monoisotopic (exact) mass is 265 g/mol. The largest absolute Gasteiger partial charge is 0.480 e. The number of aliphatic carboxylic acids is 1. The number of anilines is 1. The van der Waals surface area contributed by atoms with Gasteiger partial charge in [-0.1, -0.05) is 0 Å². The third kappa shape index (κ3) is 2.46. The van der Waals surface area contributed by atoms with Crippen LogP contribution in [-0.2, 0) is 9.53 Å². The van der Waals surface area contributed by atoms with Gasteiger partial charge in [0.2, 0.25) is 0 Å². The number of morpholine rings is 1. The number of aromatic nitrogens is 2. The number of ether oxygens (including phenoxy) is 1. The molecule has 1 aliphatic heterocycles. The Hall–Kier alpha value is -1.89. The summed E-state index contributed by atoms with van der Waals surface area (Å²) in [6.45, 7) is 0.983. The van der Waals surface area contributed by atoms with Crippen molar-refractivity contribution in [2.45, 2.75) is 24.8 Å². The Morgan fingerprint density at radius 2 is 2.32 bits per heavy atom. The molecule has 2 N–H and O–H groups in total. The molecule has 0 spiro atoms. The molecule has 1 aromatic rings. The van der Waals surface area contributed by atoms with Gasteiger partial charge in [-0.05, 0) is 12.8 Å². The lowest BCUT2D eigenvalue weighted by molar-refractivity contribution is -0.141. The Kier molecular flexibility index (Phi) is 2.98. The number of hydrogen-bond donors (Lipinski definition) is 2. The first-order valence-corrected chi connectivity index (χ1v) is 6.33. The number of rotatable bonds is 3. The van der Waals surface area contributed by atoms with Gasteiger partial charge in [0, 0.05) is 18.5 Å². The summed E-state index contributed by atoms with van der Waals surface area (Å²) in [4.78, 5) is 31.6. The molecule has 0 amide bonds. The van der Waals surface area contributed by atoms with Crippen LogP contribution in [0.25, 0.3) is 0 Å². The maximum Gasteiger partial charge on any atom is 0.328 e. The van der Waals surface area contributed by atoms with Gasteiger partial charge in [0.05, 0.1) is 13.2 Å². The summed E-state index contributed by atoms with van der Waals surface area (Å²) in [5.74, 6) is 0.450. The van der Waals surface area contributed by atoms with Crippen LogP contribution >= 0.6 is 0 Å². The van der Waals surface area contributed by atoms with E-state index in [0.717, 1.165) is 12.8 Å². The molecule has 2 aliphatic rings. The average molecular weight is 265 g/mol. The summed E-state index contributed by atoms with van der Waals surface area (Å²) in [5, 5.41) is 9.19. The smallest absolute Gasteiger partial charge is 0.328 e. The fraction of sp³-hybridized carbons (Fsp3) is 0.583. The molecule has 0 bridgehead atoms. The van der Waals surface area contributed by atoms with Gasteiger partial charge in [0.1, 0.15) is 11.6 Å². The Morgan fingerprint density at radius 3 is 3.00 bits per heavy atom. The third-order valence-electron chi connectivity index (χ3n) is 3.42. The number of nitrogens with zero attached hydrogens (tertiary/aromatic N) is 2. The van der Waals surface area contributed by atoms with Crippen molar-refractivity contribution in [1.82, 2.24) is 9.97 Å². The molecule has 0 radical (unpaired) electrons. The Morgan fingerprint density at radius 1 is 1.53 bits per heavy atom. The van der Waals surface area contributed by atoms with Crippen molar-refractivity contribution in [3.8, 4) is 0 Å². The predicted molar refractivity (Wildman–Crippen MR) is 66.4 cm³/mol. The van der Waals surface area contributed by atoms with E-state index in [0.29, 0.717) is 30.7 Å². The second-order valence-electron chi connectivity index (χ2n) is 4.89. The van der Waals surface area contributed by atoms with Gasteiger partial charge in [0.15, 0.2) is 6.04 Å². The predicted octanol–water partition coefficient (Wildman–Crippen LogP) is -0.0629. The number of hydrogen-bond acceptors (Lipinski definition) is 5. The second-order valence-corrected chi connectivity index (χ2v) is 4.89. The van der Waals surface area contributed by atoms with Crippen LogP contribution in [0.4, 0.5) is 5.82 Å². The van der Waals surface area contributed by atoms with E-state index in [9.17, 15) is 14.7 Å². The van der Waals surface area contributed by atoms with Gasteiger partial charge >= 0.3 is 5.97 Å². The topological polar surface area (TPSA) is 95.5 Å². The molecule has 1 aromatic heterocycles. The van der Waals surface area contributed by atoms with Gasteiger partial charge in [-0.2, -0.15) is 0 Å². The summed E-state index contributed by atoms with van der Waals surface area (Å²) in [5.41, 5.74) is -0.234. The van der Waals surface area contributed by atoms with Crippen molar-refractivity contribution in [2.24, 2.45) is 0 Å². The normalized spacial score (nSPS) is 23.4. The molecule has 1 atom stereocenters. The van der Waals surface area contributed by atoms with Crippen molar-refractivity contribution in [3.63, 3.8) is 0 Å². The van der Waals surface area contributed by atoms with Crippen molar-refractivity contribution < 1.29 is 14.6 Å². The van der Waals surface area contributed by atoms with E-state index in [4.69, 9.17) is 4.74 Å². The Balaban J connectivity index is 1.94. The third-order valence-corrected chi connectivity index (χ3v) is 3.42. The van der Waals surface area contributed by atoms with Crippen LogP contribution in [0, 0.1) is 0 Å². The molecular formula is C12H15N3O4. The highest BCUT2D eigenvalue weighted by Gasteiger charge is 2.32. The van der Waals surface area contributed by atoms with Crippen molar-refractivity contribution in [2.75, 3.05) is 24.7 Å². The van der Waals surface area contributed by atoms with Crippen LogP contribution < -0.4 is 10.5 Å². The van der Waals surface area contributed by atoms with Gasteiger partial charge in [0.25, 0.3) is 5.56 Å². The van der Waals surface area contributed by atoms with E-state index in [-0.39, 0.29) is 12.2 Å². The molecule has 7 heteroatoms. The minimum Gasteiger partial charge on any atom is -0.480 e. The zero-order chi connectivity index (χ0) is 13.4. The van der Waals surface area contributed by atoms with Crippen LogP contribution in [0.3, 0.4) is 0 Å². The van der Waals surface area contributed by atoms with Crippen LogP contribution in [0.5, 0.6) is 0 Å². The first-order valence-electron chi connectivity index (χ1n) is 6.33. The number of carbonyl (C=O) groups is 1. The number of H-pyrrole nitrogens is 1. The van der Waals surface area contributed by atoms with Crippen LogP contribution in [0.1, 0.15) is 24.6 Å². The molecule has 2 heterocycles. The van der Waals surface area contributed by atoms with Gasteiger partial charge in [-0.25, -0.2) is 9.78 Å². The molecule has 1 saturated heterocycles. The van der Waals surface area contributed by atoms with E-state index >= 15 is 0 Å². The van der Waals surface area contributed by atoms with E-state index in [1.807, 2.05) is 0 Å². The molecule has 1 saturated carbocycles. The van der Waals surface area contributed by atoms with Crippen molar-refractivity contribution in [3.05, 3.63) is 22.2 Å². The van der Waals surface area contributed by atoms with E-state index in [1.54, 1.807) is 4.90 Å². The molecule has 1 aliphatic carbocycles. The van der Waals surface area contributed by atoms with Gasteiger partial charge in [-0.15, -0.1) is 0 Å². The molecule has 19 heavy (non-hydrogen) atoms. The number of carboxylic acid groups (broad SMARTS) is 1. The molecule has 102 valence electrons. The molecule has 0 aromatic carbocycles. The average Bonchev–Trinajstić information content (AvgIpc) is 3.22. The summed E-state index contributed by atoms with van der Waals surface area (Å²) in [6.07, 6.45) is 2.05. The first kappa shape index (κ1) is 12.2. The molecular weight excluding hydrogens is 250 g/mol. The van der Waals surface area contributed by atoms with Crippen LogP contribution in [-0.4, -0.2) is 46.8 Å². The van der Waals surface area contributed by atoms with Gasteiger partial charge in [-0.3, -0.25) is 4.79 Å². The SMILES string of the molecule is O=C(O)C1COCCN1c1cc(=O)[nH]c(C2CC2)n1. The number of nitrogens with one attached hydrogen (secondary N) is 1. The fourth-order valence-electron chi connectivity index (χ4n) is 2.24. The van der Waals surface area contributed by atoms with E-state index < -0.39 is 12.0 Å². The Bertz CT molecular complexity index is 552. The fourth-order valence-corrected chi connectivity index (χ4v) is 2.24.